The van der Waals surface area contributed by atoms with Gasteiger partial charge in [0.25, 0.3) is 16.1 Å². The summed E-state index contributed by atoms with van der Waals surface area (Å²) in [4.78, 5) is 0. The minimum absolute atomic E-state index is 0.521. The van der Waals surface area contributed by atoms with Gasteiger partial charge in [0.05, 0.1) is 0 Å². The second kappa shape index (κ2) is 3.64. The molecule has 0 saturated carbocycles. The second-order valence-corrected chi connectivity index (χ2v) is 10.8. The third-order valence-electron chi connectivity index (χ3n) is 2.81. The second-order valence-electron chi connectivity index (χ2n) is 3.61. The molecule has 0 aromatic rings. The Morgan fingerprint density at radius 3 is 0.929 bits per heavy atom. The van der Waals surface area contributed by atoms with E-state index in [1.165, 1.54) is 0 Å². The molecule has 0 aliphatic carbocycles. The van der Waals surface area contributed by atoms with E-state index in [1.807, 2.05) is 0 Å². The Bertz CT molecular complexity index is 323. The maximum absolute atomic E-state index is 8.90. The van der Waals surface area contributed by atoms with Crippen LogP contribution in [0.1, 0.15) is 0 Å². The molecular weight excluding hydrogens is 208 g/mol. The summed E-state index contributed by atoms with van der Waals surface area (Å²) in [6.45, 7) is 0. The topological polar surface area (TPSA) is 95.2 Å². The molecule has 0 amide bonds. The highest BCUT2D eigenvalue weighted by molar-refractivity contribution is 7.02. The summed E-state index contributed by atoms with van der Waals surface area (Å²) < 4.78 is 0. The van der Waals surface area contributed by atoms with E-state index in [1.54, 1.807) is 0 Å². The van der Waals surface area contributed by atoms with Crippen molar-refractivity contribution in [2.75, 3.05) is 0 Å². The third-order valence-corrected chi connectivity index (χ3v) is 9.94. The molecule has 0 bridgehead atoms. The molecule has 0 aromatic heterocycles. The minimum Gasteiger partial charge on any atom is -0.205 e. The highest BCUT2D eigenvalue weighted by Gasteiger charge is 2.48. The van der Waals surface area contributed by atoms with Crippen molar-refractivity contribution in [2.24, 2.45) is 0 Å². The number of rotatable bonds is 0. The maximum Gasteiger partial charge on any atom is 0.285 e. The smallest absolute Gasteiger partial charge is 0.205 e. The van der Waals surface area contributed by atoms with Crippen molar-refractivity contribution >= 4 is 16.1 Å². The highest BCUT2D eigenvalue weighted by Crippen LogP contribution is 2.34. The predicted molar refractivity (Wildman–Crippen MR) is 53.2 cm³/mol. The Kier molecular flexibility index (Phi) is 2.72. The van der Waals surface area contributed by atoms with Crippen LogP contribution in [0.25, 0.3) is 0 Å². The van der Waals surface area contributed by atoms with Crippen molar-refractivity contribution in [1.82, 2.24) is 0 Å². The Morgan fingerprint density at radius 1 is 0.571 bits per heavy atom. The lowest BCUT2D eigenvalue weighted by Gasteiger charge is -2.26. The summed E-state index contributed by atoms with van der Waals surface area (Å²) in [5, 5.41) is 35.6. The summed E-state index contributed by atoms with van der Waals surface area (Å²) in [6.07, 6.45) is 0. The van der Waals surface area contributed by atoms with Gasteiger partial charge >= 0.3 is 0 Å². The lowest BCUT2D eigenvalue weighted by Crippen LogP contribution is -2.45. The van der Waals surface area contributed by atoms with Gasteiger partial charge in [-0.1, -0.05) is 0 Å². The summed E-state index contributed by atoms with van der Waals surface area (Å²) >= 11 is 0. The molecule has 1 fully saturated rings. The molecule has 68 valence electrons. The summed E-state index contributed by atoms with van der Waals surface area (Å²) in [5.41, 5.74) is 8.54. The fourth-order valence-corrected chi connectivity index (χ4v) is 9.92. The molecule has 6 heteroatoms. The molecule has 0 aromatic carbocycles. The van der Waals surface area contributed by atoms with E-state index in [4.69, 9.17) is 21.0 Å². The fraction of sp³-hybridized carbons (Fsp3) is 0.500. The predicted octanol–water partition coefficient (Wildman–Crippen LogP) is 1.15. The first-order valence-electron chi connectivity index (χ1n) is 4.31. The van der Waals surface area contributed by atoms with E-state index in [9.17, 15) is 0 Å². The molecule has 0 spiro atoms. The molecule has 0 N–H and O–H groups in total. The van der Waals surface area contributed by atoms with Gasteiger partial charge in [0.1, 0.15) is 0 Å². The van der Waals surface area contributed by atoms with Gasteiger partial charge in [-0.3, -0.25) is 0 Å². The average Bonchev–Trinajstić information content (AvgIpc) is 2.29. The van der Waals surface area contributed by atoms with E-state index in [2.05, 4.69) is 22.8 Å². The van der Waals surface area contributed by atoms with Crippen LogP contribution in [0.5, 0.6) is 0 Å². The molecule has 0 radical (unpaired) electrons. The number of hydrogen-bond donors (Lipinski definition) is 0. The van der Waals surface area contributed by atoms with Gasteiger partial charge < -0.3 is 0 Å². The Morgan fingerprint density at radius 2 is 0.786 bits per heavy atom. The third kappa shape index (κ3) is 1.54. The zero-order chi connectivity index (χ0) is 10.7. The SMILES string of the molecule is N#C[Si]1(C#N)CC[Si](C#N)(C#N)CC1. The Hall–Kier alpha value is -1.61. The van der Waals surface area contributed by atoms with E-state index < -0.39 is 16.1 Å². The van der Waals surface area contributed by atoms with Gasteiger partial charge in [0.2, 0.25) is 0 Å². The molecule has 1 saturated heterocycles. The van der Waals surface area contributed by atoms with Crippen molar-refractivity contribution in [3.05, 3.63) is 0 Å². The van der Waals surface area contributed by atoms with Crippen molar-refractivity contribution in [3.63, 3.8) is 0 Å². The zero-order valence-electron chi connectivity index (χ0n) is 7.62. The fourth-order valence-electron chi connectivity index (χ4n) is 1.60. The largest absolute Gasteiger partial charge is 0.285 e. The van der Waals surface area contributed by atoms with Crippen molar-refractivity contribution < 1.29 is 0 Å². The monoisotopic (exact) mass is 216 g/mol. The quantitative estimate of drug-likeness (QED) is 0.567. The first kappa shape index (κ1) is 10.5. The molecule has 14 heavy (non-hydrogen) atoms. The first-order valence-corrected chi connectivity index (χ1v) is 9.14. The van der Waals surface area contributed by atoms with E-state index >= 15 is 0 Å². The van der Waals surface area contributed by atoms with Crippen molar-refractivity contribution in [3.8, 4) is 22.8 Å². The van der Waals surface area contributed by atoms with Crippen molar-refractivity contribution in [2.45, 2.75) is 24.2 Å². The summed E-state index contributed by atoms with van der Waals surface area (Å²) in [7, 11) is -4.82. The normalized spacial score (nSPS) is 22.0. The molecular formula is C8H8N4Si2. The zero-order valence-corrected chi connectivity index (χ0v) is 9.62. The van der Waals surface area contributed by atoms with Crippen LogP contribution < -0.4 is 0 Å². The molecule has 4 nitrogen and oxygen atoms in total. The van der Waals surface area contributed by atoms with E-state index in [-0.39, 0.29) is 0 Å². The summed E-state index contributed by atoms with van der Waals surface area (Å²) in [5.74, 6) is 0. The molecule has 0 unspecified atom stereocenters. The van der Waals surface area contributed by atoms with Crippen LogP contribution in [0.2, 0.25) is 24.2 Å². The Labute approximate surface area is 84.6 Å². The Balaban J connectivity index is 2.85. The average molecular weight is 216 g/mol. The standard InChI is InChI=1S/C8H8N4Si2/c9-5-13(6-10)1-2-14(7-11,8-12)4-3-13/h1-4H2. The van der Waals surface area contributed by atoms with Crippen LogP contribution >= 0.6 is 0 Å². The minimum atomic E-state index is -2.41. The van der Waals surface area contributed by atoms with E-state index in [0.717, 1.165) is 0 Å². The summed E-state index contributed by atoms with van der Waals surface area (Å²) in [6, 6.07) is 2.08. The van der Waals surface area contributed by atoms with Crippen molar-refractivity contribution in [1.29, 1.82) is 21.0 Å². The molecule has 1 heterocycles. The van der Waals surface area contributed by atoms with Crippen LogP contribution in [0.15, 0.2) is 0 Å². The van der Waals surface area contributed by atoms with Crippen LogP contribution in [0.4, 0.5) is 0 Å². The molecule has 1 aliphatic rings. The van der Waals surface area contributed by atoms with Gasteiger partial charge in [-0.05, 0) is 24.2 Å². The lowest BCUT2D eigenvalue weighted by atomic mass is 10.9. The van der Waals surface area contributed by atoms with Crippen LogP contribution in [-0.4, -0.2) is 16.1 Å². The van der Waals surface area contributed by atoms with Gasteiger partial charge in [-0.2, -0.15) is 0 Å². The van der Waals surface area contributed by atoms with Crippen LogP contribution in [0, 0.1) is 43.8 Å². The molecule has 1 rings (SSSR count). The van der Waals surface area contributed by atoms with E-state index in [0.29, 0.717) is 24.2 Å². The number of nitriles is 4. The molecule has 0 atom stereocenters. The number of hydrogen-bond acceptors (Lipinski definition) is 4. The highest BCUT2D eigenvalue weighted by atomic mass is 28.3. The maximum atomic E-state index is 8.90. The number of nitrogens with zero attached hydrogens (tertiary/aromatic N) is 4. The van der Waals surface area contributed by atoms with Crippen LogP contribution in [0.3, 0.4) is 0 Å². The van der Waals surface area contributed by atoms with Gasteiger partial charge in [0, 0.05) is 22.8 Å². The first-order chi connectivity index (χ1) is 6.66. The van der Waals surface area contributed by atoms with Gasteiger partial charge in [-0.25, -0.2) is 21.0 Å². The van der Waals surface area contributed by atoms with Crippen LogP contribution in [-0.2, 0) is 0 Å². The lowest BCUT2D eigenvalue weighted by molar-refractivity contribution is 1.15. The van der Waals surface area contributed by atoms with Gasteiger partial charge in [0.15, 0.2) is 0 Å². The molecule has 1 aliphatic heterocycles. The van der Waals surface area contributed by atoms with Gasteiger partial charge in [-0.15, -0.1) is 0 Å².